The molecule has 3 nitrogen and oxygen atoms in total. The normalized spacial score (nSPS) is 13.8. The summed E-state index contributed by atoms with van der Waals surface area (Å²) in [6.07, 6.45) is 0. The van der Waals surface area contributed by atoms with Crippen LogP contribution >= 0.6 is 22.7 Å². The quantitative estimate of drug-likeness (QED) is 0.159. The molecule has 0 N–H and O–H groups in total. The van der Waals surface area contributed by atoms with Gasteiger partial charge in [-0.1, -0.05) is 225 Å². The third-order valence-corrected chi connectivity index (χ3v) is 21.6. The summed E-state index contributed by atoms with van der Waals surface area (Å²) < 4.78 is 7.78. The number of aromatic nitrogens is 1. The van der Waals surface area contributed by atoms with Gasteiger partial charge in [-0.25, -0.2) is 0 Å². The Bertz CT molecular complexity index is 4940. The summed E-state index contributed by atoms with van der Waals surface area (Å²) in [6, 6.07) is 78.3. The smallest absolute Gasteiger partial charge is 0.264 e. The number of benzene rings is 10. The van der Waals surface area contributed by atoms with Gasteiger partial charge in [-0.3, -0.25) is 0 Å². The molecule has 88 heavy (non-hydrogen) atoms. The number of nitrogens with zero attached hydrogens (tertiary/aromatic N) is 3. The Balaban J connectivity index is 1.12. The van der Waals surface area contributed by atoms with Gasteiger partial charge in [0, 0.05) is 69.3 Å². The van der Waals surface area contributed by atoms with Gasteiger partial charge >= 0.3 is 0 Å². The van der Waals surface area contributed by atoms with Crippen LogP contribution in [0.4, 0.5) is 34.1 Å². The number of rotatable bonds is 5. The molecule has 10 aromatic carbocycles. The van der Waals surface area contributed by atoms with Gasteiger partial charge in [0.25, 0.3) is 6.71 Å². The Morgan fingerprint density at radius 3 is 1.31 bits per heavy atom. The number of thiophene rings is 2. The van der Waals surface area contributed by atoms with Crippen LogP contribution in [-0.2, 0) is 27.1 Å². The Morgan fingerprint density at radius 1 is 0.330 bits per heavy atom. The van der Waals surface area contributed by atoms with E-state index in [0.717, 1.165) is 5.69 Å². The van der Waals surface area contributed by atoms with E-state index in [1.165, 1.54) is 152 Å². The second-order valence-electron chi connectivity index (χ2n) is 30.2. The fourth-order valence-corrected chi connectivity index (χ4v) is 16.7. The fourth-order valence-electron chi connectivity index (χ4n) is 14.2. The van der Waals surface area contributed by atoms with Crippen molar-refractivity contribution in [2.75, 3.05) is 9.80 Å². The number of hydrogen-bond donors (Lipinski definition) is 0. The standard InChI is InChI=1S/C82H78BN3S2/c1-78(2,3)51-32-28-49(29-33-51)60-44-53(80(7,8)9)36-40-67(60)85-69-42-39-56(84-65-25-19-16-22-57(65)58-23-17-20-26-66(58)84)47-64(69)83-73-70(48-62-59-24-18-21-27-71(59)87-76(62)75(73)85)86(74-63-46-55(82(13,14)15)38-43-72(63)88-77(74)83)68-41-37-54(81(10,11)12)45-61(68)50-30-34-52(35-31-50)79(4,5)6/h16-48H,1-15H3. The Labute approximate surface area is 529 Å². The summed E-state index contributed by atoms with van der Waals surface area (Å²) in [5.74, 6) is 0. The van der Waals surface area contributed by atoms with E-state index in [4.69, 9.17) is 0 Å². The fraction of sp³-hybridized carbons (Fsp3) is 0.244. The first-order valence-electron chi connectivity index (χ1n) is 31.6. The van der Waals surface area contributed by atoms with Gasteiger partial charge < -0.3 is 14.4 Å². The summed E-state index contributed by atoms with van der Waals surface area (Å²) in [5, 5.41) is 6.37. The highest BCUT2D eigenvalue weighted by Gasteiger charge is 2.48. The molecule has 3 aromatic heterocycles. The van der Waals surface area contributed by atoms with Crippen molar-refractivity contribution in [3.63, 3.8) is 0 Å². The Kier molecular flexibility index (Phi) is 12.6. The van der Waals surface area contributed by atoms with Crippen molar-refractivity contribution in [3.8, 4) is 27.9 Å². The first-order valence-corrected chi connectivity index (χ1v) is 33.2. The number of fused-ring (bicyclic) bond motifs is 13. The minimum Gasteiger partial charge on any atom is -0.309 e. The van der Waals surface area contributed by atoms with Crippen LogP contribution in [0.15, 0.2) is 200 Å². The van der Waals surface area contributed by atoms with Crippen molar-refractivity contribution in [1.29, 1.82) is 0 Å². The molecular formula is C82H78BN3S2. The van der Waals surface area contributed by atoms with Crippen LogP contribution in [0.25, 0.3) is 80.0 Å². The van der Waals surface area contributed by atoms with Crippen molar-refractivity contribution in [1.82, 2.24) is 4.57 Å². The lowest BCUT2D eigenvalue weighted by Crippen LogP contribution is -2.60. The largest absolute Gasteiger partial charge is 0.309 e. The summed E-state index contributed by atoms with van der Waals surface area (Å²) in [7, 11) is 0. The molecule has 0 saturated carbocycles. The first kappa shape index (κ1) is 56.4. The lowest BCUT2D eigenvalue weighted by molar-refractivity contribution is 0.589. The van der Waals surface area contributed by atoms with Crippen LogP contribution in [0, 0.1) is 0 Å². The number of anilines is 6. The van der Waals surface area contributed by atoms with Gasteiger partial charge in [0.05, 0.1) is 38.5 Å². The highest BCUT2D eigenvalue weighted by Crippen LogP contribution is 2.56. The minimum absolute atomic E-state index is 0.00778. The van der Waals surface area contributed by atoms with Gasteiger partial charge in [-0.15, -0.1) is 22.7 Å². The van der Waals surface area contributed by atoms with Crippen LogP contribution in [0.2, 0.25) is 0 Å². The zero-order valence-corrected chi connectivity index (χ0v) is 55.4. The maximum atomic E-state index is 2.75. The summed E-state index contributed by atoms with van der Waals surface area (Å²) in [4.78, 5) is 5.47. The van der Waals surface area contributed by atoms with Crippen molar-refractivity contribution in [2.45, 2.75) is 131 Å². The van der Waals surface area contributed by atoms with E-state index in [1.807, 2.05) is 22.7 Å². The second-order valence-corrected chi connectivity index (χ2v) is 32.4. The minimum atomic E-state index is -0.132. The lowest BCUT2D eigenvalue weighted by Gasteiger charge is -2.44. The van der Waals surface area contributed by atoms with Gasteiger partial charge in [0.2, 0.25) is 0 Å². The summed E-state index contributed by atoms with van der Waals surface area (Å²) in [6.45, 7) is 35.0. The molecule has 2 aliphatic rings. The predicted molar refractivity (Wildman–Crippen MR) is 387 cm³/mol. The van der Waals surface area contributed by atoms with E-state index in [-0.39, 0.29) is 33.8 Å². The van der Waals surface area contributed by atoms with E-state index >= 15 is 0 Å². The highest BCUT2D eigenvalue weighted by molar-refractivity contribution is 7.34. The van der Waals surface area contributed by atoms with Gasteiger partial charge in [-0.2, -0.15) is 0 Å². The topological polar surface area (TPSA) is 11.4 Å². The monoisotopic (exact) mass is 1180 g/mol. The van der Waals surface area contributed by atoms with Gasteiger partial charge in [0.1, 0.15) is 0 Å². The lowest BCUT2D eigenvalue weighted by atomic mass is 9.36. The molecule has 0 spiro atoms. The van der Waals surface area contributed by atoms with Crippen LogP contribution < -0.4 is 25.5 Å². The first-order chi connectivity index (χ1) is 41.8. The molecule has 13 aromatic rings. The molecule has 436 valence electrons. The van der Waals surface area contributed by atoms with E-state index in [1.54, 1.807) is 0 Å². The molecule has 2 aliphatic heterocycles. The van der Waals surface area contributed by atoms with Crippen LogP contribution in [0.1, 0.15) is 132 Å². The predicted octanol–water partition coefficient (Wildman–Crippen LogP) is 22.3. The zero-order valence-electron chi connectivity index (χ0n) is 53.8. The second kappa shape index (κ2) is 19.7. The van der Waals surface area contributed by atoms with E-state index < -0.39 is 0 Å². The molecule has 0 amide bonds. The van der Waals surface area contributed by atoms with Crippen molar-refractivity contribution in [3.05, 3.63) is 228 Å². The van der Waals surface area contributed by atoms with Crippen LogP contribution in [-0.4, -0.2) is 11.3 Å². The molecule has 5 heterocycles. The molecular weight excluding hydrogens is 1100 g/mol. The molecule has 0 radical (unpaired) electrons. The maximum absolute atomic E-state index is 2.75. The summed E-state index contributed by atoms with van der Waals surface area (Å²) in [5.41, 5.74) is 24.8. The Hall–Kier alpha value is -8.16. The molecule has 0 bridgehead atoms. The average molecular weight is 1180 g/mol. The number of hydrogen-bond acceptors (Lipinski definition) is 4. The third kappa shape index (κ3) is 8.93. The van der Waals surface area contributed by atoms with E-state index in [2.05, 4.69) is 318 Å². The van der Waals surface area contributed by atoms with Crippen molar-refractivity contribution in [2.24, 2.45) is 0 Å². The third-order valence-electron chi connectivity index (χ3n) is 19.2. The van der Waals surface area contributed by atoms with Gasteiger partial charge in [0.15, 0.2) is 0 Å². The average Bonchev–Trinajstić information content (AvgIpc) is 1.28. The van der Waals surface area contributed by atoms with Gasteiger partial charge in [-0.05, 0) is 156 Å². The Morgan fingerprint density at radius 2 is 0.773 bits per heavy atom. The summed E-state index contributed by atoms with van der Waals surface area (Å²) >= 11 is 3.94. The maximum Gasteiger partial charge on any atom is 0.264 e. The zero-order chi connectivity index (χ0) is 61.3. The SMILES string of the molecule is CC(C)(C)c1ccc(-c2cc(C(C)(C)C)ccc2N2c3cc4c(sc5ccccc54)c4c3B(c3cc(-n5c6ccccc6c6ccccc65)ccc3N4c3ccc(C(C)(C)C)cc3-c3ccc(C(C)(C)C)cc3)c3sc4ccc(C(C)(C)C)cc4c32)cc1. The molecule has 0 aliphatic carbocycles. The van der Waals surface area contributed by atoms with E-state index in [0.29, 0.717) is 0 Å². The number of para-hydroxylation sites is 2. The highest BCUT2D eigenvalue weighted by atomic mass is 32.1. The molecule has 6 heteroatoms. The molecule has 0 unspecified atom stereocenters. The van der Waals surface area contributed by atoms with Crippen LogP contribution in [0.5, 0.6) is 0 Å². The molecule has 0 saturated heterocycles. The molecule has 0 atom stereocenters. The van der Waals surface area contributed by atoms with Crippen molar-refractivity contribution < 1.29 is 0 Å². The van der Waals surface area contributed by atoms with Crippen LogP contribution in [0.3, 0.4) is 0 Å². The van der Waals surface area contributed by atoms with Crippen molar-refractivity contribution >= 4 is 131 Å². The molecule has 15 rings (SSSR count). The van der Waals surface area contributed by atoms with E-state index in [9.17, 15) is 0 Å². The molecule has 0 fully saturated rings.